The predicted molar refractivity (Wildman–Crippen MR) is 221 cm³/mol. The van der Waals surface area contributed by atoms with Gasteiger partial charge in [0.25, 0.3) is 0 Å². The van der Waals surface area contributed by atoms with Crippen molar-refractivity contribution in [2.24, 2.45) is 0 Å². The number of nitrogens with zero attached hydrogens (tertiary/aromatic N) is 2. The molecule has 9 aromatic carbocycles. The van der Waals surface area contributed by atoms with Gasteiger partial charge in [-0.3, -0.25) is 0 Å². The lowest BCUT2D eigenvalue weighted by Crippen LogP contribution is -2.10. The first-order chi connectivity index (χ1) is 25.8. The fraction of sp³-hybridized carbons (Fsp3) is 0. The molecule has 52 heavy (non-hydrogen) atoms. The molecule has 0 fully saturated rings. The monoisotopic (exact) mass is 662 g/mol. The van der Waals surface area contributed by atoms with E-state index in [1.54, 1.807) is 0 Å². The van der Waals surface area contributed by atoms with Crippen molar-refractivity contribution in [2.75, 3.05) is 4.90 Å². The Morgan fingerprint density at radius 3 is 1.44 bits per heavy atom. The van der Waals surface area contributed by atoms with Gasteiger partial charge in [-0.05, 0) is 104 Å². The van der Waals surface area contributed by atoms with Crippen LogP contribution in [-0.2, 0) is 0 Å². The highest BCUT2D eigenvalue weighted by Gasteiger charge is 2.16. The topological polar surface area (TPSA) is 8.17 Å². The smallest absolute Gasteiger partial charge is 0.0541 e. The third-order valence-electron chi connectivity index (χ3n) is 10.4. The van der Waals surface area contributed by atoms with E-state index in [2.05, 4.69) is 216 Å². The molecular weight excluding hydrogens is 629 g/mol. The molecule has 0 aliphatic carbocycles. The second-order valence-electron chi connectivity index (χ2n) is 13.4. The molecule has 0 radical (unpaired) electrons. The van der Waals surface area contributed by atoms with Crippen LogP contribution in [-0.4, -0.2) is 4.57 Å². The molecule has 0 unspecified atom stereocenters. The van der Waals surface area contributed by atoms with E-state index in [4.69, 9.17) is 0 Å². The molecule has 0 amide bonds. The fourth-order valence-electron chi connectivity index (χ4n) is 7.91. The number of fused-ring (bicyclic) bond motifs is 6. The summed E-state index contributed by atoms with van der Waals surface area (Å²) >= 11 is 0. The van der Waals surface area contributed by atoms with E-state index in [0.717, 1.165) is 22.7 Å². The van der Waals surface area contributed by atoms with Crippen LogP contribution in [0, 0.1) is 0 Å². The average Bonchev–Trinajstić information content (AvgIpc) is 3.56. The van der Waals surface area contributed by atoms with Crippen molar-refractivity contribution in [3.63, 3.8) is 0 Å². The van der Waals surface area contributed by atoms with Gasteiger partial charge in [0, 0.05) is 33.5 Å². The van der Waals surface area contributed by atoms with Crippen molar-refractivity contribution in [3.05, 3.63) is 206 Å². The molecule has 2 heteroatoms. The van der Waals surface area contributed by atoms with Gasteiger partial charge in [-0.25, -0.2) is 0 Å². The van der Waals surface area contributed by atoms with Gasteiger partial charge < -0.3 is 9.47 Å². The van der Waals surface area contributed by atoms with Crippen molar-refractivity contribution in [1.29, 1.82) is 0 Å². The molecule has 0 spiro atoms. The Bertz CT molecular complexity index is 2810. The number of benzene rings is 9. The Balaban J connectivity index is 1.07. The van der Waals surface area contributed by atoms with Crippen LogP contribution in [0.1, 0.15) is 0 Å². The Hall–Kier alpha value is -6.90. The summed E-state index contributed by atoms with van der Waals surface area (Å²) in [7, 11) is 0. The molecule has 1 heterocycles. The van der Waals surface area contributed by atoms with Crippen LogP contribution in [0.3, 0.4) is 0 Å². The molecule has 0 atom stereocenters. The SMILES string of the molecule is c1ccc(-c2ccc(N(c3ccc(-c4cccc5c4ccc4ccccc45)cc3)c3ccc(-n4c5ccccc5c5ccccc54)cc3)cc2)cc1. The van der Waals surface area contributed by atoms with E-state index in [9.17, 15) is 0 Å². The van der Waals surface area contributed by atoms with Gasteiger partial charge in [-0.15, -0.1) is 0 Å². The van der Waals surface area contributed by atoms with E-state index in [1.807, 2.05) is 0 Å². The van der Waals surface area contributed by atoms with Crippen molar-refractivity contribution >= 4 is 60.4 Å². The minimum absolute atomic E-state index is 1.10. The lowest BCUT2D eigenvalue weighted by molar-refractivity contribution is 1.17. The fourth-order valence-corrected chi connectivity index (χ4v) is 7.91. The van der Waals surface area contributed by atoms with E-state index in [0.29, 0.717) is 0 Å². The third-order valence-corrected chi connectivity index (χ3v) is 10.4. The lowest BCUT2D eigenvalue weighted by atomic mass is 9.94. The number of hydrogen-bond donors (Lipinski definition) is 0. The van der Waals surface area contributed by atoms with Crippen molar-refractivity contribution in [3.8, 4) is 27.9 Å². The van der Waals surface area contributed by atoms with Gasteiger partial charge in [-0.2, -0.15) is 0 Å². The zero-order valence-corrected chi connectivity index (χ0v) is 28.5. The summed E-state index contributed by atoms with van der Waals surface area (Å²) in [6.07, 6.45) is 0. The summed E-state index contributed by atoms with van der Waals surface area (Å²) in [5.41, 5.74) is 11.7. The highest BCUT2D eigenvalue weighted by atomic mass is 15.1. The zero-order chi connectivity index (χ0) is 34.4. The summed E-state index contributed by atoms with van der Waals surface area (Å²) in [5.74, 6) is 0. The van der Waals surface area contributed by atoms with Crippen molar-refractivity contribution in [1.82, 2.24) is 4.57 Å². The lowest BCUT2D eigenvalue weighted by Gasteiger charge is -2.26. The molecule has 0 aliphatic heterocycles. The van der Waals surface area contributed by atoms with Gasteiger partial charge in [0.2, 0.25) is 0 Å². The Morgan fingerprint density at radius 1 is 0.288 bits per heavy atom. The van der Waals surface area contributed by atoms with Crippen molar-refractivity contribution in [2.45, 2.75) is 0 Å². The molecule has 0 N–H and O–H groups in total. The number of para-hydroxylation sites is 2. The summed E-state index contributed by atoms with van der Waals surface area (Å²) in [5, 5.41) is 7.63. The summed E-state index contributed by atoms with van der Waals surface area (Å²) < 4.78 is 2.37. The molecule has 0 saturated carbocycles. The molecule has 10 rings (SSSR count). The number of rotatable bonds is 6. The van der Waals surface area contributed by atoms with Gasteiger partial charge in [-0.1, -0.05) is 146 Å². The number of hydrogen-bond acceptors (Lipinski definition) is 1. The maximum atomic E-state index is 2.37. The maximum Gasteiger partial charge on any atom is 0.0541 e. The van der Waals surface area contributed by atoms with Crippen LogP contribution in [0.5, 0.6) is 0 Å². The highest BCUT2D eigenvalue weighted by Crippen LogP contribution is 2.40. The van der Waals surface area contributed by atoms with Crippen LogP contribution >= 0.6 is 0 Å². The van der Waals surface area contributed by atoms with Gasteiger partial charge in [0.15, 0.2) is 0 Å². The van der Waals surface area contributed by atoms with E-state index >= 15 is 0 Å². The van der Waals surface area contributed by atoms with E-state index < -0.39 is 0 Å². The van der Waals surface area contributed by atoms with E-state index in [1.165, 1.54) is 65.6 Å². The predicted octanol–water partition coefficient (Wildman–Crippen LogP) is 13.9. The second-order valence-corrected chi connectivity index (χ2v) is 13.4. The molecule has 10 aromatic rings. The minimum atomic E-state index is 1.10. The van der Waals surface area contributed by atoms with Crippen molar-refractivity contribution < 1.29 is 0 Å². The Kier molecular flexibility index (Phi) is 7.18. The highest BCUT2D eigenvalue weighted by molar-refractivity contribution is 6.12. The van der Waals surface area contributed by atoms with Crippen LogP contribution < -0.4 is 4.90 Å². The second kappa shape index (κ2) is 12.5. The largest absolute Gasteiger partial charge is 0.311 e. The molecule has 244 valence electrons. The molecular formula is C50H34N2. The first-order valence-electron chi connectivity index (χ1n) is 17.9. The quantitative estimate of drug-likeness (QED) is 0.161. The van der Waals surface area contributed by atoms with Gasteiger partial charge in [0.1, 0.15) is 0 Å². The first kappa shape index (κ1) is 30.0. The standard InChI is InChI=1S/C50H34N2/c1-2-11-35(12-3-1)36-21-26-39(27-22-36)51(41-30-32-42(33-31-41)52-49-19-8-6-15-47(49)48-16-7-9-20-50(48)52)40-28-23-38(24-29-40)44-17-10-18-45-43-14-5-4-13-37(43)25-34-46(44)45/h1-34H. The summed E-state index contributed by atoms with van der Waals surface area (Å²) in [4.78, 5) is 2.35. The molecule has 1 aromatic heterocycles. The van der Waals surface area contributed by atoms with Crippen LogP contribution in [0.2, 0.25) is 0 Å². The molecule has 0 bridgehead atoms. The third kappa shape index (κ3) is 5.04. The van der Waals surface area contributed by atoms with Crippen LogP contribution in [0.4, 0.5) is 17.1 Å². The van der Waals surface area contributed by atoms with Gasteiger partial charge >= 0.3 is 0 Å². The Morgan fingerprint density at radius 2 is 0.788 bits per heavy atom. The number of aromatic nitrogens is 1. The first-order valence-corrected chi connectivity index (χ1v) is 17.9. The normalized spacial score (nSPS) is 11.5. The van der Waals surface area contributed by atoms with Gasteiger partial charge in [0.05, 0.1) is 11.0 Å². The molecule has 2 nitrogen and oxygen atoms in total. The number of anilines is 3. The summed E-state index contributed by atoms with van der Waals surface area (Å²) in [6.45, 7) is 0. The molecule has 0 aliphatic rings. The van der Waals surface area contributed by atoms with Crippen LogP contribution in [0.15, 0.2) is 206 Å². The maximum absolute atomic E-state index is 2.37. The van der Waals surface area contributed by atoms with Crippen LogP contribution in [0.25, 0.3) is 71.3 Å². The Labute approximate surface area is 303 Å². The minimum Gasteiger partial charge on any atom is -0.311 e. The zero-order valence-electron chi connectivity index (χ0n) is 28.5. The average molecular weight is 663 g/mol. The van der Waals surface area contributed by atoms with E-state index in [-0.39, 0.29) is 0 Å². The summed E-state index contributed by atoms with van der Waals surface area (Å²) in [6, 6.07) is 74.6. The molecule has 0 saturated heterocycles.